The molecule has 0 aliphatic carbocycles. The predicted octanol–water partition coefficient (Wildman–Crippen LogP) is 2.64. The summed E-state index contributed by atoms with van der Waals surface area (Å²) in [5, 5.41) is 14.5. The molecule has 1 aliphatic rings. The zero-order valence-electron chi connectivity index (χ0n) is 12.0. The number of nitrogens with one attached hydrogen (secondary N) is 1. The maximum absolute atomic E-state index is 11.5. The van der Waals surface area contributed by atoms with Crippen LogP contribution in [0, 0.1) is 10.1 Å². The van der Waals surface area contributed by atoms with Gasteiger partial charge in [-0.1, -0.05) is 13.0 Å². The lowest BCUT2D eigenvalue weighted by molar-refractivity contribution is -0.383. The van der Waals surface area contributed by atoms with Crippen LogP contribution in [-0.2, 0) is 4.74 Å². The van der Waals surface area contributed by atoms with Gasteiger partial charge in [-0.25, -0.2) is 0 Å². The van der Waals surface area contributed by atoms with Crippen molar-refractivity contribution in [1.82, 2.24) is 0 Å². The highest BCUT2D eigenvalue weighted by Gasteiger charge is 2.29. The number of hydrogen-bond acceptors (Lipinski definition) is 5. The van der Waals surface area contributed by atoms with Gasteiger partial charge >= 0.3 is 5.69 Å². The quantitative estimate of drug-likeness (QED) is 0.663. The van der Waals surface area contributed by atoms with Crippen LogP contribution in [-0.4, -0.2) is 37.3 Å². The van der Waals surface area contributed by atoms with Crippen LogP contribution in [0.25, 0.3) is 0 Å². The first kappa shape index (κ1) is 14.6. The highest BCUT2D eigenvalue weighted by molar-refractivity contribution is 5.77. The molecule has 1 fully saturated rings. The Balaban J connectivity index is 2.43. The number of hydrogen-bond donors (Lipinski definition) is 1. The minimum Gasteiger partial charge on any atom is -0.380 e. The second-order valence-corrected chi connectivity index (χ2v) is 4.79. The summed E-state index contributed by atoms with van der Waals surface area (Å²) >= 11 is 0. The summed E-state index contributed by atoms with van der Waals surface area (Å²) in [4.78, 5) is 13.3. The second-order valence-electron chi connectivity index (χ2n) is 4.79. The lowest BCUT2D eigenvalue weighted by Gasteiger charge is -2.36. The lowest BCUT2D eigenvalue weighted by Crippen LogP contribution is -2.45. The van der Waals surface area contributed by atoms with Crippen molar-refractivity contribution in [3.63, 3.8) is 0 Å². The first-order valence-corrected chi connectivity index (χ1v) is 7.04. The lowest BCUT2D eigenvalue weighted by atomic mass is 10.1. The van der Waals surface area contributed by atoms with E-state index < -0.39 is 0 Å². The number of rotatable bonds is 5. The molecule has 1 atom stereocenters. The monoisotopic (exact) mass is 279 g/mol. The minimum atomic E-state index is -0.296. The van der Waals surface area contributed by atoms with Crippen molar-refractivity contribution in [2.24, 2.45) is 0 Å². The largest absolute Gasteiger partial charge is 0.380 e. The van der Waals surface area contributed by atoms with Gasteiger partial charge < -0.3 is 15.0 Å². The van der Waals surface area contributed by atoms with Gasteiger partial charge in [-0.3, -0.25) is 10.1 Å². The minimum absolute atomic E-state index is 0.162. The van der Waals surface area contributed by atoms with Crippen molar-refractivity contribution in [2.45, 2.75) is 26.3 Å². The molecule has 0 aromatic heterocycles. The van der Waals surface area contributed by atoms with Gasteiger partial charge in [0.2, 0.25) is 0 Å². The Morgan fingerprint density at radius 1 is 1.50 bits per heavy atom. The number of anilines is 2. The third-order valence-corrected chi connectivity index (χ3v) is 3.57. The van der Waals surface area contributed by atoms with Crippen LogP contribution in [0.2, 0.25) is 0 Å². The van der Waals surface area contributed by atoms with Crippen molar-refractivity contribution in [3.8, 4) is 0 Å². The van der Waals surface area contributed by atoms with Gasteiger partial charge in [-0.15, -0.1) is 0 Å². The summed E-state index contributed by atoms with van der Waals surface area (Å²) in [5.41, 5.74) is 1.43. The van der Waals surface area contributed by atoms with E-state index in [1.807, 2.05) is 19.1 Å². The summed E-state index contributed by atoms with van der Waals surface area (Å²) in [7, 11) is 0. The molecule has 6 nitrogen and oxygen atoms in total. The van der Waals surface area contributed by atoms with E-state index in [0.717, 1.165) is 6.42 Å². The number of nitro groups is 1. The fraction of sp³-hybridized carbons (Fsp3) is 0.571. The van der Waals surface area contributed by atoms with Crippen LogP contribution < -0.4 is 10.2 Å². The van der Waals surface area contributed by atoms with Gasteiger partial charge in [0.05, 0.1) is 24.2 Å². The van der Waals surface area contributed by atoms with Gasteiger partial charge in [0, 0.05) is 13.1 Å². The van der Waals surface area contributed by atoms with Crippen LogP contribution in [0.4, 0.5) is 17.1 Å². The molecule has 1 unspecified atom stereocenters. The summed E-state index contributed by atoms with van der Waals surface area (Å²) in [6.45, 7) is 6.59. The fourth-order valence-corrected chi connectivity index (χ4v) is 2.60. The van der Waals surface area contributed by atoms with Crippen LogP contribution >= 0.6 is 0 Å². The van der Waals surface area contributed by atoms with Gasteiger partial charge in [-0.05, 0) is 25.5 Å². The summed E-state index contributed by atoms with van der Waals surface area (Å²) in [6, 6.07) is 5.64. The Hall–Kier alpha value is -1.82. The second kappa shape index (κ2) is 6.56. The van der Waals surface area contributed by atoms with Crippen molar-refractivity contribution < 1.29 is 9.66 Å². The smallest absolute Gasteiger partial charge is 0.315 e. The maximum atomic E-state index is 11.5. The number of nitrogens with zero attached hydrogens (tertiary/aromatic N) is 2. The molecule has 2 rings (SSSR count). The number of nitro benzene ring substituents is 1. The van der Waals surface area contributed by atoms with Crippen molar-refractivity contribution in [1.29, 1.82) is 0 Å². The van der Waals surface area contributed by atoms with Crippen molar-refractivity contribution in [3.05, 3.63) is 28.3 Å². The normalized spacial score (nSPS) is 18.9. The molecule has 6 heteroatoms. The molecular weight excluding hydrogens is 258 g/mol. The number of morpholine rings is 1. The first-order chi connectivity index (χ1) is 9.69. The van der Waals surface area contributed by atoms with Gasteiger partial charge in [0.1, 0.15) is 11.4 Å². The SMILES string of the molecule is CCNc1cccc(N2CCOCC2CC)c1[N+](=O)[O-]. The molecule has 1 aliphatic heterocycles. The van der Waals surface area contributed by atoms with Crippen molar-refractivity contribution in [2.75, 3.05) is 36.5 Å². The van der Waals surface area contributed by atoms with Gasteiger partial charge in [-0.2, -0.15) is 0 Å². The molecule has 20 heavy (non-hydrogen) atoms. The molecular formula is C14H21N3O3. The topological polar surface area (TPSA) is 67.6 Å². The molecule has 1 aromatic rings. The Morgan fingerprint density at radius 3 is 2.95 bits per heavy atom. The standard InChI is InChI=1S/C14H21N3O3/c1-3-11-10-20-9-8-16(11)13-7-5-6-12(15-4-2)14(13)17(18)19/h5-7,11,15H,3-4,8-10H2,1-2H3. The maximum Gasteiger partial charge on any atom is 0.315 e. The molecule has 0 bridgehead atoms. The Morgan fingerprint density at radius 2 is 2.30 bits per heavy atom. The average Bonchev–Trinajstić information content (AvgIpc) is 2.47. The molecule has 1 heterocycles. The predicted molar refractivity (Wildman–Crippen MR) is 79.5 cm³/mol. The molecule has 1 N–H and O–H groups in total. The van der Waals surface area contributed by atoms with Crippen molar-refractivity contribution >= 4 is 17.1 Å². The third kappa shape index (κ3) is 2.85. The number of para-hydroxylation sites is 1. The molecule has 0 amide bonds. The summed E-state index contributed by atoms with van der Waals surface area (Å²) < 4.78 is 5.48. The van der Waals surface area contributed by atoms with E-state index in [1.54, 1.807) is 6.07 Å². The van der Waals surface area contributed by atoms with E-state index in [0.29, 0.717) is 37.7 Å². The van der Waals surface area contributed by atoms with Gasteiger partial charge in [0.15, 0.2) is 0 Å². The third-order valence-electron chi connectivity index (χ3n) is 3.57. The Bertz CT molecular complexity index is 479. The van der Waals surface area contributed by atoms with Crippen LogP contribution in [0.15, 0.2) is 18.2 Å². The van der Waals surface area contributed by atoms with Crippen LogP contribution in [0.1, 0.15) is 20.3 Å². The molecule has 1 saturated heterocycles. The molecule has 1 aromatic carbocycles. The van der Waals surface area contributed by atoms with E-state index in [4.69, 9.17) is 4.74 Å². The van der Waals surface area contributed by atoms with Gasteiger partial charge in [0.25, 0.3) is 0 Å². The molecule has 0 spiro atoms. The zero-order chi connectivity index (χ0) is 14.5. The van der Waals surface area contributed by atoms with E-state index >= 15 is 0 Å². The zero-order valence-corrected chi connectivity index (χ0v) is 12.0. The van der Waals surface area contributed by atoms with E-state index in [2.05, 4.69) is 17.1 Å². The first-order valence-electron chi connectivity index (χ1n) is 7.04. The fourth-order valence-electron chi connectivity index (χ4n) is 2.60. The number of benzene rings is 1. The molecule has 0 radical (unpaired) electrons. The Labute approximate surface area is 118 Å². The van der Waals surface area contributed by atoms with E-state index in [9.17, 15) is 10.1 Å². The highest BCUT2D eigenvalue weighted by Crippen LogP contribution is 2.37. The van der Waals surface area contributed by atoms with E-state index in [1.165, 1.54) is 0 Å². The average molecular weight is 279 g/mol. The molecule has 110 valence electrons. The van der Waals surface area contributed by atoms with Crippen LogP contribution in [0.3, 0.4) is 0 Å². The Kier molecular flexibility index (Phi) is 4.79. The summed E-state index contributed by atoms with van der Waals surface area (Å²) in [6.07, 6.45) is 0.905. The summed E-state index contributed by atoms with van der Waals surface area (Å²) in [5.74, 6) is 0. The van der Waals surface area contributed by atoms with Crippen LogP contribution in [0.5, 0.6) is 0 Å². The van der Waals surface area contributed by atoms with E-state index in [-0.39, 0.29) is 16.7 Å². The molecule has 0 saturated carbocycles. The highest BCUT2D eigenvalue weighted by atomic mass is 16.6. The number of ether oxygens (including phenoxy) is 1.